The Kier molecular flexibility index (Phi) is 6.93. The molecule has 1 rings (SSSR count). The molecule has 0 amide bonds. The van der Waals surface area contributed by atoms with Gasteiger partial charge in [-0.25, -0.2) is 0 Å². The van der Waals surface area contributed by atoms with Crippen LogP contribution in [0.2, 0.25) is 0 Å². The number of hydrogen-bond acceptors (Lipinski definition) is 3. The summed E-state index contributed by atoms with van der Waals surface area (Å²) in [5, 5.41) is 23.3. The number of nitrogens with one attached hydrogen (secondary N) is 1. The lowest BCUT2D eigenvalue weighted by molar-refractivity contribution is -0.00830. The minimum Gasteiger partial charge on any atom is -0.395 e. The molecule has 0 aliphatic rings. The lowest BCUT2D eigenvalue weighted by Crippen LogP contribution is -2.50. The summed E-state index contributed by atoms with van der Waals surface area (Å²) < 4.78 is 0. The maximum atomic E-state index is 10.5. The number of aliphatic hydroxyl groups excluding tert-OH is 1. The molecule has 0 heterocycles. The maximum absolute atomic E-state index is 10.5. The Labute approximate surface area is 122 Å². The minimum absolute atomic E-state index is 0.0747. The van der Waals surface area contributed by atoms with Gasteiger partial charge in [0.15, 0.2) is 0 Å². The first-order valence-corrected chi connectivity index (χ1v) is 7.19. The molecule has 2 atom stereocenters. The highest BCUT2D eigenvalue weighted by Gasteiger charge is 2.30. The molecule has 0 bridgehead atoms. The van der Waals surface area contributed by atoms with Crippen LogP contribution in [0.5, 0.6) is 0 Å². The van der Waals surface area contributed by atoms with E-state index in [0.717, 1.165) is 12.0 Å². The Morgan fingerprint density at radius 2 is 1.95 bits per heavy atom. The first-order chi connectivity index (χ1) is 9.45. The zero-order valence-electron chi connectivity index (χ0n) is 12.8. The van der Waals surface area contributed by atoms with Crippen molar-refractivity contribution < 1.29 is 10.2 Å². The van der Waals surface area contributed by atoms with E-state index in [1.807, 2.05) is 44.2 Å². The van der Waals surface area contributed by atoms with Gasteiger partial charge in [0.05, 0.1) is 18.2 Å². The van der Waals surface area contributed by atoms with Crippen LogP contribution in [-0.2, 0) is 6.54 Å². The third-order valence-electron chi connectivity index (χ3n) is 3.53. The molecule has 3 nitrogen and oxygen atoms in total. The van der Waals surface area contributed by atoms with Crippen LogP contribution in [0.25, 0.3) is 0 Å². The zero-order valence-corrected chi connectivity index (χ0v) is 12.8. The monoisotopic (exact) mass is 277 g/mol. The molecule has 0 unspecified atom stereocenters. The van der Waals surface area contributed by atoms with Crippen molar-refractivity contribution in [1.29, 1.82) is 0 Å². The average Bonchev–Trinajstić information content (AvgIpc) is 2.39. The molecule has 1 aromatic rings. The first kappa shape index (κ1) is 16.9. The van der Waals surface area contributed by atoms with Crippen LogP contribution >= 0.6 is 0 Å². The molecule has 0 aliphatic heterocycles. The first-order valence-electron chi connectivity index (χ1n) is 7.19. The van der Waals surface area contributed by atoms with Crippen LogP contribution < -0.4 is 5.32 Å². The predicted octanol–water partition coefficient (Wildman–Crippen LogP) is 2.63. The van der Waals surface area contributed by atoms with Gasteiger partial charge in [-0.1, -0.05) is 42.0 Å². The van der Waals surface area contributed by atoms with Crippen LogP contribution in [-0.4, -0.2) is 28.5 Å². The molecule has 0 fully saturated rings. The molecule has 3 N–H and O–H groups in total. The fourth-order valence-electron chi connectivity index (χ4n) is 2.15. The van der Waals surface area contributed by atoms with E-state index in [0.29, 0.717) is 13.0 Å². The van der Waals surface area contributed by atoms with E-state index in [1.165, 1.54) is 5.57 Å². The standard InChI is InChI=1S/C17H27NO2/c1-14(2)8-7-11-17(3,20)16(13-19)18-12-15-9-5-4-6-10-15/h4-6,8-10,16,18-20H,7,11-13H2,1-3H3/t16-,17+/m0/s1. The number of benzene rings is 1. The van der Waals surface area contributed by atoms with Gasteiger partial charge in [-0.05, 0) is 39.2 Å². The van der Waals surface area contributed by atoms with Crippen molar-refractivity contribution in [2.75, 3.05) is 6.61 Å². The summed E-state index contributed by atoms with van der Waals surface area (Å²) in [4.78, 5) is 0. The van der Waals surface area contributed by atoms with Crippen molar-refractivity contribution in [1.82, 2.24) is 5.32 Å². The highest BCUT2D eigenvalue weighted by atomic mass is 16.3. The van der Waals surface area contributed by atoms with E-state index < -0.39 is 5.60 Å². The molecule has 0 saturated heterocycles. The molecule has 0 spiro atoms. The Morgan fingerprint density at radius 3 is 2.50 bits per heavy atom. The minimum atomic E-state index is -0.921. The number of allylic oxidation sites excluding steroid dienone is 2. The molecule has 1 aromatic carbocycles. The van der Waals surface area contributed by atoms with Gasteiger partial charge < -0.3 is 15.5 Å². The van der Waals surface area contributed by atoms with Gasteiger partial charge >= 0.3 is 0 Å². The fourth-order valence-corrected chi connectivity index (χ4v) is 2.15. The van der Waals surface area contributed by atoms with E-state index in [9.17, 15) is 10.2 Å². The summed E-state index contributed by atoms with van der Waals surface area (Å²) in [7, 11) is 0. The fraction of sp³-hybridized carbons (Fsp3) is 0.529. The van der Waals surface area contributed by atoms with Crippen LogP contribution in [0.3, 0.4) is 0 Å². The maximum Gasteiger partial charge on any atom is 0.0797 e. The molecular weight excluding hydrogens is 250 g/mol. The lowest BCUT2D eigenvalue weighted by atomic mass is 9.91. The molecule has 0 saturated carbocycles. The second kappa shape index (κ2) is 8.20. The topological polar surface area (TPSA) is 52.5 Å². The van der Waals surface area contributed by atoms with Crippen LogP contribution in [0.1, 0.15) is 39.2 Å². The summed E-state index contributed by atoms with van der Waals surface area (Å²) in [5.41, 5.74) is 1.47. The highest BCUT2D eigenvalue weighted by Crippen LogP contribution is 2.18. The van der Waals surface area contributed by atoms with Gasteiger partial charge in [-0.15, -0.1) is 0 Å². The van der Waals surface area contributed by atoms with Gasteiger partial charge in [-0.2, -0.15) is 0 Å². The van der Waals surface area contributed by atoms with E-state index >= 15 is 0 Å². The van der Waals surface area contributed by atoms with Gasteiger partial charge in [0, 0.05) is 6.54 Å². The molecular formula is C17H27NO2. The summed E-state index contributed by atoms with van der Waals surface area (Å²) in [6.07, 6.45) is 3.56. The third-order valence-corrected chi connectivity index (χ3v) is 3.53. The van der Waals surface area contributed by atoms with Crippen molar-refractivity contribution in [3.63, 3.8) is 0 Å². The van der Waals surface area contributed by atoms with Gasteiger partial charge in [0.2, 0.25) is 0 Å². The van der Waals surface area contributed by atoms with E-state index in [1.54, 1.807) is 6.92 Å². The number of rotatable bonds is 8. The van der Waals surface area contributed by atoms with Gasteiger partial charge in [0.25, 0.3) is 0 Å². The Hall–Kier alpha value is -1.16. The lowest BCUT2D eigenvalue weighted by Gasteiger charge is -2.32. The van der Waals surface area contributed by atoms with Crippen molar-refractivity contribution in [2.24, 2.45) is 0 Å². The van der Waals surface area contributed by atoms with Gasteiger partial charge in [-0.3, -0.25) is 0 Å². The predicted molar refractivity (Wildman–Crippen MR) is 83.4 cm³/mol. The van der Waals surface area contributed by atoms with Crippen LogP contribution in [0.15, 0.2) is 42.0 Å². The van der Waals surface area contributed by atoms with E-state index in [-0.39, 0.29) is 12.6 Å². The Balaban J connectivity index is 2.53. The third kappa shape index (κ3) is 5.87. The smallest absolute Gasteiger partial charge is 0.0797 e. The van der Waals surface area contributed by atoms with Crippen molar-refractivity contribution >= 4 is 0 Å². The number of aliphatic hydroxyl groups is 2. The summed E-state index contributed by atoms with van der Waals surface area (Å²) in [6.45, 7) is 6.45. The normalized spacial score (nSPS) is 15.4. The van der Waals surface area contributed by atoms with E-state index in [2.05, 4.69) is 11.4 Å². The average molecular weight is 277 g/mol. The quantitative estimate of drug-likeness (QED) is 0.640. The molecule has 20 heavy (non-hydrogen) atoms. The van der Waals surface area contributed by atoms with Crippen molar-refractivity contribution in [3.05, 3.63) is 47.5 Å². The number of hydrogen-bond donors (Lipinski definition) is 3. The Morgan fingerprint density at radius 1 is 1.30 bits per heavy atom. The summed E-state index contributed by atoms with van der Waals surface area (Å²) in [5.74, 6) is 0. The second-order valence-corrected chi connectivity index (χ2v) is 5.78. The molecule has 3 heteroatoms. The summed E-state index contributed by atoms with van der Waals surface area (Å²) >= 11 is 0. The van der Waals surface area contributed by atoms with Crippen LogP contribution in [0, 0.1) is 0 Å². The molecule has 0 aliphatic carbocycles. The van der Waals surface area contributed by atoms with Crippen molar-refractivity contribution in [3.8, 4) is 0 Å². The van der Waals surface area contributed by atoms with Crippen LogP contribution in [0.4, 0.5) is 0 Å². The zero-order chi connectivity index (χ0) is 15.0. The molecule has 0 radical (unpaired) electrons. The van der Waals surface area contributed by atoms with Crippen molar-refractivity contribution in [2.45, 2.75) is 51.8 Å². The Bertz CT molecular complexity index is 408. The molecule has 0 aromatic heterocycles. The van der Waals surface area contributed by atoms with E-state index in [4.69, 9.17) is 0 Å². The summed E-state index contributed by atoms with van der Waals surface area (Å²) in [6, 6.07) is 9.67. The van der Waals surface area contributed by atoms with Gasteiger partial charge in [0.1, 0.15) is 0 Å². The largest absolute Gasteiger partial charge is 0.395 e. The SMILES string of the molecule is CC(C)=CCC[C@@](C)(O)[C@H](CO)NCc1ccccc1. The highest BCUT2D eigenvalue weighted by molar-refractivity contribution is 5.14. The molecule has 112 valence electrons. The second-order valence-electron chi connectivity index (χ2n) is 5.78.